The summed E-state index contributed by atoms with van der Waals surface area (Å²) in [6.45, 7) is 26.0. The van der Waals surface area contributed by atoms with Gasteiger partial charge in [-0.3, -0.25) is 0 Å². The minimum Gasteiger partial charge on any atom is -0.336 e. The number of nitrogens with zero attached hydrogens (tertiary/aromatic N) is 1. The SMILES string of the molecule is CC(C)(C)c1cc2c(cc1N(c1cccc(-c3ccccc3)c1C(C)(C)C)C(C)(C)C)-c1ccccc1C2(C)C. The first-order chi connectivity index (χ1) is 18.5. The molecule has 1 aliphatic carbocycles. The molecule has 0 atom stereocenters. The third-order valence-corrected chi connectivity index (χ3v) is 8.54. The maximum atomic E-state index is 2.63. The van der Waals surface area contributed by atoms with E-state index < -0.39 is 0 Å². The second kappa shape index (κ2) is 9.37. The first-order valence-electron chi connectivity index (χ1n) is 14.8. The molecule has 40 heavy (non-hydrogen) atoms. The zero-order chi connectivity index (χ0) is 29.3. The molecular weight excluding hydrogens is 482 g/mol. The van der Waals surface area contributed by atoms with E-state index in [-0.39, 0.29) is 21.8 Å². The molecule has 0 aliphatic heterocycles. The van der Waals surface area contributed by atoms with Gasteiger partial charge in [-0.15, -0.1) is 0 Å². The van der Waals surface area contributed by atoms with Crippen molar-refractivity contribution < 1.29 is 0 Å². The second-order valence-electron chi connectivity index (χ2n) is 15.2. The topological polar surface area (TPSA) is 3.24 Å². The molecule has 1 heteroatoms. The van der Waals surface area contributed by atoms with Crippen molar-refractivity contribution in [2.45, 2.75) is 97.9 Å². The highest BCUT2D eigenvalue weighted by molar-refractivity contribution is 5.88. The molecule has 0 spiro atoms. The predicted octanol–water partition coefficient (Wildman–Crippen LogP) is 11.2. The van der Waals surface area contributed by atoms with Crippen molar-refractivity contribution in [1.29, 1.82) is 0 Å². The Morgan fingerprint density at radius 1 is 0.525 bits per heavy atom. The van der Waals surface area contributed by atoms with Gasteiger partial charge in [0, 0.05) is 22.3 Å². The van der Waals surface area contributed by atoms with E-state index in [4.69, 9.17) is 0 Å². The van der Waals surface area contributed by atoms with Gasteiger partial charge in [0.2, 0.25) is 0 Å². The lowest BCUT2D eigenvalue weighted by atomic mass is 9.77. The molecule has 0 saturated carbocycles. The highest BCUT2D eigenvalue weighted by Gasteiger charge is 2.40. The molecule has 0 saturated heterocycles. The fourth-order valence-electron chi connectivity index (χ4n) is 6.75. The fourth-order valence-corrected chi connectivity index (χ4v) is 6.75. The molecule has 0 heterocycles. The van der Waals surface area contributed by atoms with Crippen LogP contribution in [0.5, 0.6) is 0 Å². The Hall–Kier alpha value is -3.32. The van der Waals surface area contributed by atoms with Crippen molar-refractivity contribution in [2.75, 3.05) is 4.90 Å². The number of benzene rings is 4. The first-order valence-corrected chi connectivity index (χ1v) is 14.8. The van der Waals surface area contributed by atoms with Gasteiger partial charge in [0.25, 0.3) is 0 Å². The van der Waals surface area contributed by atoms with Crippen LogP contribution in [-0.2, 0) is 16.2 Å². The lowest BCUT2D eigenvalue weighted by Crippen LogP contribution is -2.40. The largest absolute Gasteiger partial charge is 0.336 e. The molecule has 1 nitrogen and oxygen atoms in total. The summed E-state index contributed by atoms with van der Waals surface area (Å²) in [5, 5.41) is 0. The van der Waals surface area contributed by atoms with E-state index in [0.29, 0.717) is 0 Å². The highest BCUT2D eigenvalue weighted by atomic mass is 15.2. The van der Waals surface area contributed by atoms with Gasteiger partial charge in [0.1, 0.15) is 0 Å². The van der Waals surface area contributed by atoms with E-state index in [9.17, 15) is 0 Å². The Morgan fingerprint density at radius 3 is 1.73 bits per heavy atom. The molecule has 208 valence electrons. The van der Waals surface area contributed by atoms with Crippen LogP contribution in [0, 0.1) is 0 Å². The van der Waals surface area contributed by atoms with Crippen LogP contribution in [0.25, 0.3) is 22.3 Å². The minimum absolute atomic E-state index is 0.0270. The van der Waals surface area contributed by atoms with Crippen LogP contribution in [0.3, 0.4) is 0 Å². The van der Waals surface area contributed by atoms with Crippen molar-refractivity contribution in [3.8, 4) is 22.3 Å². The number of rotatable bonds is 3. The van der Waals surface area contributed by atoms with Crippen LogP contribution >= 0.6 is 0 Å². The molecule has 0 fully saturated rings. The Balaban J connectivity index is 1.88. The summed E-state index contributed by atoms with van der Waals surface area (Å²) in [4.78, 5) is 2.63. The zero-order valence-corrected chi connectivity index (χ0v) is 26.5. The average molecular weight is 530 g/mol. The van der Waals surface area contributed by atoms with E-state index >= 15 is 0 Å². The van der Waals surface area contributed by atoms with Gasteiger partial charge in [-0.2, -0.15) is 0 Å². The Kier molecular flexibility index (Phi) is 6.61. The van der Waals surface area contributed by atoms with Crippen LogP contribution in [0.1, 0.15) is 98.4 Å². The fraction of sp³-hybridized carbons (Fsp3) is 0.385. The summed E-state index contributed by atoms with van der Waals surface area (Å²) in [6, 6.07) is 31.8. The number of anilines is 2. The summed E-state index contributed by atoms with van der Waals surface area (Å²) >= 11 is 0. The van der Waals surface area contributed by atoms with E-state index in [0.717, 1.165) is 0 Å². The third kappa shape index (κ3) is 4.68. The zero-order valence-electron chi connectivity index (χ0n) is 26.5. The molecule has 1 aliphatic rings. The quantitative estimate of drug-likeness (QED) is 0.255. The minimum atomic E-state index is -0.156. The molecule has 5 rings (SSSR count). The molecule has 0 amide bonds. The van der Waals surface area contributed by atoms with E-state index in [1.807, 2.05) is 0 Å². The molecule has 0 N–H and O–H groups in total. The van der Waals surface area contributed by atoms with Crippen molar-refractivity contribution >= 4 is 11.4 Å². The molecular formula is C39H47N. The predicted molar refractivity (Wildman–Crippen MR) is 175 cm³/mol. The van der Waals surface area contributed by atoms with Crippen molar-refractivity contribution in [2.24, 2.45) is 0 Å². The van der Waals surface area contributed by atoms with Crippen molar-refractivity contribution in [3.05, 3.63) is 107 Å². The van der Waals surface area contributed by atoms with E-state index in [1.54, 1.807) is 0 Å². The lowest BCUT2D eigenvalue weighted by molar-refractivity contribution is 0.532. The van der Waals surface area contributed by atoms with Gasteiger partial charge in [0.15, 0.2) is 0 Å². The van der Waals surface area contributed by atoms with Crippen molar-refractivity contribution in [1.82, 2.24) is 0 Å². The molecule has 4 aromatic carbocycles. The van der Waals surface area contributed by atoms with Crippen LogP contribution < -0.4 is 4.90 Å². The van der Waals surface area contributed by atoms with Crippen LogP contribution in [0.15, 0.2) is 84.9 Å². The normalized spacial score (nSPS) is 14.6. The van der Waals surface area contributed by atoms with E-state index in [1.165, 1.54) is 55.9 Å². The lowest BCUT2D eigenvalue weighted by Gasteiger charge is -2.44. The molecule has 0 bridgehead atoms. The molecule has 0 aromatic heterocycles. The van der Waals surface area contributed by atoms with Crippen LogP contribution in [-0.4, -0.2) is 5.54 Å². The van der Waals surface area contributed by atoms with Gasteiger partial charge in [-0.05, 0) is 88.2 Å². The van der Waals surface area contributed by atoms with Gasteiger partial charge < -0.3 is 4.90 Å². The Morgan fingerprint density at radius 2 is 1.12 bits per heavy atom. The van der Waals surface area contributed by atoms with Crippen LogP contribution in [0.4, 0.5) is 11.4 Å². The first kappa shape index (κ1) is 28.2. The molecule has 0 unspecified atom stereocenters. The maximum Gasteiger partial charge on any atom is 0.0460 e. The van der Waals surface area contributed by atoms with Gasteiger partial charge in [0.05, 0.1) is 0 Å². The second-order valence-corrected chi connectivity index (χ2v) is 15.2. The Bertz CT molecular complexity index is 1550. The van der Waals surface area contributed by atoms with Gasteiger partial charge in [-0.1, -0.05) is 128 Å². The van der Waals surface area contributed by atoms with Crippen LogP contribution in [0.2, 0.25) is 0 Å². The monoisotopic (exact) mass is 529 g/mol. The number of hydrogen-bond acceptors (Lipinski definition) is 1. The van der Waals surface area contributed by atoms with Gasteiger partial charge in [-0.25, -0.2) is 0 Å². The molecule has 4 aromatic rings. The Labute approximate surface area is 243 Å². The smallest absolute Gasteiger partial charge is 0.0460 e. The summed E-state index contributed by atoms with van der Waals surface area (Å²) in [5.41, 5.74) is 13.3. The number of hydrogen-bond donors (Lipinski definition) is 0. The number of fused-ring (bicyclic) bond motifs is 3. The summed E-state index contributed by atoms with van der Waals surface area (Å²) in [6.07, 6.45) is 0. The molecule has 0 radical (unpaired) electrons. The third-order valence-electron chi connectivity index (χ3n) is 8.54. The highest BCUT2D eigenvalue weighted by Crippen LogP contribution is 2.54. The summed E-state index contributed by atoms with van der Waals surface area (Å²) in [7, 11) is 0. The summed E-state index contributed by atoms with van der Waals surface area (Å²) < 4.78 is 0. The summed E-state index contributed by atoms with van der Waals surface area (Å²) in [5.74, 6) is 0. The average Bonchev–Trinajstić information content (AvgIpc) is 3.08. The standard InChI is InChI=1S/C39H47N/c1-36(2,3)32-25-31-29(28-20-15-16-22-30(28)39(31,10)11)24-34(32)40(38(7,8)9)33-23-17-21-27(35(33)37(4,5)6)26-18-13-12-14-19-26/h12-25H,1-11H3. The van der Waals surface area contributed by atoms with Gasteiger partial charge >= 0.3 is 0 Å². The maximum absolute atomic E-state index is 2.63. The van der Waals surface area contributed by atoms with Crippen molar-refractivity contribution in [3.63, 3.8) is 0 Å². The van der Waals surface area contributed by atoms with E-state index in [2.05, 4.69) is 166 Å².